The van der Waals surface area contributed by atoms with E-state index < -0.39 is 28.5 Å². The van der Waals surface area contributed by atoms with Crippen molar-refractivity contribution in [3.63, 3.8) is 0 Å². The van der Waals surface area contributed by atoms with Gasteiger partial charge in [-0.2, -0.15) is 0 Å². The van der Waals surface area contributed by atoms with E-state index in [1.54, 1.807) is 19.1 Å². The van der Waals surface area contributed by atoms with Gasteiger partial charge in [0.2, 0.25) is 11.8 Å². The van der Waals surface area contributed by atoms with Crippen molar-refractivity contribution in [2.75, 3.05) is 10.8 Å². The molecule has 11 heteroatoms. The van der Waals surface area contributed by atoms with Gasteiger partial charge < -0.3 is 10.2 Å². The molecule has 7 nitrogen and oxygen atoms in total. The van der Waals surface area contributed by atoms with E-state index in [1.165, 1.54) is 35.2 Å². The molecule has 0 aliphatic heterocycles. The first-order chi connectivity index (χ1) is 18.8. The van der Waals surface area contributed by atoms with Gasteiger partial charge in [-0.05, 0) is 75.2 Å². The van der Waals surface area contributed by atoms with E-state index in [-0.39, 0.29) is 39.1 Å². The second-order valence-electron chi connectivity index (χ2n) is 9.57. The zero-order valence-corrected chi connectivity index (χ0v) is 26.6. The van der Waals surface area contributed by atoms with Crippen LogP contribution in [0.15, 0.2) is 76.1 Å². The fraction of sp³-hybridized carbons (Fsp3) is 0.310. The Bertz CT molecular complexity index is 1450. The van der Waals surface area contributed by atoms with Crippen molar-refractivity contribution in [2.24, 2.45) is 0 Å². The number of amides is 2. The van der Waals surface area contributed by atoms with Gasteiger partial charge in [-0.3, -0.25) is 13.9 Å². The Morgan fingerprint density at radius 2 is 1.57 bits per heavy atom. The average molecular weight is 669 g/mol. The summed E-state index contributed by atoms with van der Waals surface area (Å²) in [6.45, 7) is 6.85. The van der Waals surface area contributed by atoms with Crippen LogP contribution >= 0.6 is 39.1 Å². The summed E-state index contributed by atoms with van der Waals surface area (Å²) in [4.78, 5) is 28.5. The molecule has 0 radical (unpaired) electrons. The summed E-state index contributed by atoms with van der Waals surface area (Å²) in [7, 11) is -4.20. The van der Waals surface area contributed by atoms with Crippen LogP contribution in [0.4, 0.5) is 5.69 Å². The third kappa shape index (κ3) is 8.00. The minimum atomic E-state index is -4.20. The summed E-state index contributed by atoms with van der Waals surface area (Å²) >= 11 is 15.7. The van der Waals surface area contributed by atoms with E-state index in [0.717, 1.165) is 26.3 Å². The van der Waals surface area contributed by atoms with E-state index in [2.05, 4.69) is 21.2 Å². The fourth-order valence-corrected chi connectivity index (χ4v) is 5.80. The number of halogens is 3. The van der Waals surface area contributed by atoms with Gasteiger partial charge in [-0.15, -0.1) is 0 Å². The van der Waals surface area contributed by atoms with Crippen LogP contribution in [0.25, 0.3) is 0 Å². The first-order valence-electron chi connectivity index (χ1n) is 12.7. The van der Waals surface area contributed by atoms with Gasteiger partial charge in [0.25, 0.3) is 10.0 Å². The van der Waals surface area contributed by atoms with Gasteiger partial charge in [0.05, 0.1) is 20.6 Å². The van der Waals surface area contributed by atoms with E-state index >= 15 is 0 Å². The molecule has 0 fully saturated rings. The van der Waals surface area contributed by atoms with Crippen LogP contribution < -0.4 is 9.62 Å². The van der Waals surface area contributed by atoms with Crippen molar-refractivity contribution in [3.05, 3.63) is 92.4 Å². The SMILES string of the molecule is CC[C@H](C)NC(=O)[C@H](C)N(Cc1ccc(Br)cc1)C(=O)CN(c1ccc(Cl)c(Cl)c1)S(=O)(=O)c1ccc(C)cc1. The molecule has 0 saturated heterocycles. The molecule has 0 bridgehead atoms. The summed E-state index contributed by atoms with van der Waals surface area (Å²) in [6.07, 6.45) is 0.721. The Hall–Kier alpha value is -2.59. The molecule has 0 aliphatic rings. The highest BCUT2D eigenvalue weighted by molar-refractivity contribution is 9.10. The second kappa shape index (κ2) is 13.9. The number of nitrogens with one attached hydrogen (secondary N) is 1. The first-order valence-corrected chi connectivity index (χ1v) is 15.7. The monoisotopic (exact) mass is 667 g/mol. The molecule has 0 aromatic heterocycles. The number of sulfonamides is 1. The number of anilines is 1. The predicted molar refractivity (Wildman–Crippen MR) is 164 cm³/mol. The molecule has 0 spiro atoms. The van der Waals surface area contributed by atoms with Gasteiger partial charge in [0.15, 0.2) is 0 Å². The van der Waals surface area contributed by atoms with Crippen molar-refractivity contribution in [2.45, 2.75) is 57.6 Å². The van der Waals surface area contributed by atoms with Crippen LogP contribution in [0, 0.1) is 6.92 Å². The molecule has 214 valence electrons. The van der Waals surface area contributed by atoms with Gasteiger partial charge in [-0.25, -0.2) is 8.42 Å². The van der Waals surface area contributed by atoms with Gasteiger partial charge in [0.1, 0.15) is 12.6 Å². The Balaban J connectivity index is 2.04. The summed E-state index contributed by atoms with van der Waals surface area (Å²) in [5.41, 5.74) is 1.84. The highest BCUT2D eigenvalue weighted by atomic mass is 79.9. The van der Waals surface area contributed by atoms with Crippen molar-refractivity contribution in [1.29, 1.82) is 0 Å². The van der Waals surface area contributed by atoms with Crippen LogP contribution in [0.5, 0.6) is 0 Å². The molecular formula is C29H32BrCl2N3O4S. The number of benzene rings is 3. The first kappa shape index (κ1) is 31.9. The molecule has 2 atom stereocenters. The Morgan fingerprint density at radius 1 is 0.950 bits per heavy atom. The summed E-state index contributed by atoms with van der Waals surface area (Å²) < 4.78 is 29.6. The standard InChI is InChI=1S/C29H32BrCl2N3O4S/c1-5-20(3)33-29(37)21(4)34(17-22-8-10-23(30)11-9-22)28(36)18-35(24-12-15-26(31)27(32)16-24)40(38,39)25-13-6-19(2)7-14-25/h6-16,20-21H,5,17-18H2,1-4H3,(H,33,37)/t20-,21-/m0/s1. The number of carbonyl (C=O) groups is 2. The maximum Gasteiger partial charge on any atom is 0.264 e. The fourth-order valence-electron chi connectivity index (χ4n) is 3.84. The van der Waals surface area contributed by atoms with Crippen molar-refractivity contribution >= 4 is 66.7 Å². The normalized spacial score (nSPS) is 12.9. The van der Waals surface area contributed by atoms with E-state index in [0.29, 0.717) is 0 Å². The quantitative estimate of drug-likeness (QED) is 0.250. The van der Waals surface area contributed by atoms with Gasteiger partial charge in [-0.1, -0.05) is 75.9 Å². The zero-order chi connectivity index (χ0) is 29.6. The molecule has 3 aromatic carbocycles. The lowest BCUT2D eigenvalue weighted by molar-refractivity contribution is -0.139. The minimum absolute atomic E-state index is 0.0130. The highest BCUT2D eigenvalue weighted by Gasteiger charge is 2.33. The largest absolute Gasteiger partial charge is 0.352 e. The van der Waals surface area contributed by atoms with Crippen LogP contribution in [0.3, 0.4) is 0 Å². The molecule has 3 aromatic rings. The zero-order valence-electron chi connectivity index (χ0n) is 22.7. The highest BCUT2D eigenvalue weighted by Crippen LogP contribution is 2.31. The molecule has 0 saturated carbocycles. The summed E-state index contributed by atoms with van der Waals surface area (Å²) in [5, 5.41) is 3.30. The lowest BCUT2D eigenvalue weighted by atomic mass is 10.1. The van der Waals surface area contributed by atoms with Crippen molar-refractivity contribution in [1.82, 2.24) is 10.2 Å². The minimum Gasteiger partial charge on any atom is -0.352 e. The third-order valence-electron chi connectivity index (χ3n) is 6.51. The number of hydrogen-bond donors (Lipinski definition) is 1. The number of hydrogen-bond acceptors (Lipinski definition) is 4. The molecule has 40 heavy (non-hydrogen) atoms. The number of rotatable bonds is 11. The number of aryl methyl sites for hydroxylation is 1. The third-order valence-corrected chi connectivity index (χ3v) is 9.57. The number of nitrogens with zero attached hydrogens (tertiary/aromatic N) is 2. The summed E-state index contributed by atoms with van der Waals surface area (Å²) in [6, 6.07) is 17.1. The molecule has 1 N–H and O–H groups in total. The molecule has 0 heterocycles. The molecule has 2 amide bonds. The molecular weight excluding hydrogens is 637 g/mol. The van der Waals surface area contributed by atoms with Crippen molar-refractivity contribution in [3.8, 4) is 0 Å². The maximum atomic E-state index is 14.0. The molecule has 0 unspecified atom stereocenters. The van der Waals surface area contributed by atoms with Crippen molar-refractivity contribution < 1.29 is 18.0 Å². The van der Waals surface area contributed by atoms with Crippen LogP contribution in [-0.2, 0) is 26.2 Å². The topological polar surface area (TPSA) is 86.8 Å². The summed E-state index contributed by atoms with van der Waals surface area (Å²) in [5.74, 6) is -0.890. The predicted octanol–water partition coefficient (Wildman–Crippen LogP) is 6.59. The Kier molecular flexibility index (Phi) is 11.1. The molecule has 0 aliphatic carbocycles. The lowest BCUT2D eigenvalue weighted by Gasteiger charge is -2.32. The Morgan fingerprint density at radius 3 is 2.15 bits per heavy atom. The average Bonchev–Trinajstić information content (AvgIpc) is 2.92. The van der Waals surface area contributed by atoms with E-state index in [4.69, 9.17) is 23.2 Å². The second-order valence-corrected chi connectivity index (χ2v) is 13.2. The van der Waals surface area contributed by atoms with Crippen LogP contribution in [-0.4, -0.2) is 43.8 Å². The van der Waals surface area contributed by atoms with Crippen LogP contribution in [0.1, 0.15) is 38.3 Å². The number of carbonyl (C=O) groups excluding carboxylic acids is 2. The smallest absolute Gasteiger partial charge is 0.264 e. The maximum absolute atomic E-state index is 14.0. The molecule has 3 rings (SSSR count). The van der Waals surface area contributed by atoms with Gasteiger partial charge >= 0.3 is 0 Å². The van der Waals surface area contributed by atoms with E-state index in [1.807, 2.05) is 45.0 Å². The lowest BCUT2D eigenvalue weighted by Crippen LogP contribution is -2.52. The Labute approximate surface area is 254 Å². The van der Waals surface area contributed by atoms with Crippen LogP contribution in [0.2, 0.25) is 10.0 Å². The van der Waals surface area contributed by atoms with E-state index in [9.17, 15) is 18.0 Å². The van der Waals surface area contributed by atoms with Gasteiger partial charge in [0, 0.05) is 17.1 Å².